The summed E-state index contributed by atoms with van der Waals surface area (Å²) in [6, 6.07) is 11.5. The van der Waals surface area contributed by atoms with E-state index in [0.29, 0.717) is 20.3 Å². The Balaban J connectivity index is 1.92. The molecule has 2 aromatic rings. The van der Waals surface area contributed by atoms with Crippen LogP contribution in [-0.2, 0) is 6.54 Å². The van der Waals surface area contributed by atoms with E-state index < -0.39 is 5.97 Å². The molecule has 22 heavy (non-hydrogen) atoms. The number of aromatic carboxylic acids is 1. The Morgan fingerprint density at radius 2 is 1.64 bits per heavy atom. The number of hydrogen-bond acceptors (Lipinski definition) is 3. The number of imide groups is 1. The van der Waals surface area contributed by atoms with Crippen LogP contribution in [0.4, 0.5) is 0 Å². The van der Waals surface area contributed by atoms with E-state index in [-0.39, 0.29) is 23.9 Å². The highest BCUT2D eigenvalue weighted by molar-refractivity contribution is 14.1. The van der Waals surface area contributed by atoms with Crippen molar-refractivity contribution in [1.82, 2.24) is 4.90 Å². The van der Waals surface area contributed by atoms with Gasteiger partial charge in [-0.05, 0) is 52.4 Å². The van der Waals surface area contributed by atoms with Crippen LogP contribution in [0.5, 0.6) is 0 Å². The van der Waals surface area contributed by atoms with E-state index >= 15 is 0 Å². The summed E-state index contributed by atoms with van der Waals surface area (Å²) < 4.78 is 0.608. The Bertz CT molecular complexity index is 781. The first kappa shape index (κ1) is 14.7. The van der Waals surface area contributed by atoms with E-state index in [4.69, 9.17) is 5.11 Å². The first-order chi connectivity index (χ1) is 10.5. The van der Waals surface area contributed by atoms with E-state index in [1.54, 1.807) is 36.4 Å². The zero-order valence-electron chi connectivity index (χ0n) is 11.2. The van der Waals surface area contributed by atoms with Gasteiger partial charge in [-0.2, -0.15) is 0 Å². The van der Waals surface area contributed by atoms with Gasteiger partial charge in [0.15, 0.2) is 0 Å². The molecule has 0 aromatic heterocycles. The fourth-order valence-corrected chi connectivity index (χ4v) is 2.97. The second-order valence-corrected chi connectivity index (χ2v) is 6.02. The van der Waals surface area contributed by atoms with Gasteiger partial charge in [-0.3, -0.25) is 14.5 Å². The number of benzene rings is 2. The molecule has 0 fully saturated rings. The van der Waals surface area contributed by atoms with Crippen LogP contribution < -0.4 is 0 Å². The fraction of sp³-hybridized carbons (Fsp3) is 0.0625. The number of amides is 2. The van der Waals surface area contributed by atoms with E-state index in [1.807, 2.05) is 22.6 Å². The summed E-state index contributed by atoms with van der Waals surface area (Å²) in [7, 11) is 0. The van der Waals surface area contributed by atoms with Crippen LogP contribution in [0, 0.1) is 3.57 Å². The topological polar surface area (TPSA) is 74.7 Å². The molecule has 1 heterocycles. The SMILES string of the molecule is O=C(O)c1cc(CN2C(=O)c3ccccc3C2=O)ccc1I. The maximum absolute atomic E-state index is 12.3. The predicted octanol–water partition coefficient (Wildman–Crippen LogP) is 2.79. The highest BCUT2D eigenvalue weighted by Gasteiger charge is 2.35. The molecule has 0 radical (unpaired) electrons. The molecule has 5 nitrogen and oxygen atoms in total. The van der Waals surface area contributed by atoms with E-state index in [9.17, 15) is 14.4 Å². The highest BCUT2D eigenvalue weighted by Crippen LogP contribution is 2.25. The molecule has 0 atom stereocenters. The van der Waals surface area contributed by atoms with Crippen molar-refractivity contribution >= 4 is 40.4 Å². The third-order valence-corrected chi connectivity index (χ3v) is 4.42. The van der Waals surface area contributed by atoms with Crippen molar-refractivity contribution in [3.05, 3.63) is 68.3 Å². The Kier molecular flexibility index (Phi) is 3.69. The van der Waals surface area contributed by atoms with E-state index in [0.717, 1.165) is 4.90 Å². The molecule has 0 spiro atoms. The Labute approximate surface area is 139 Å². The summed E-state index contributed by atoms with van der Waals surface area (Å²) in [5, 5.41) is 9.14. The lowest BCUT2D eigenvalue weighted by Gasteiger charge is -2.14. The molecule has 110 valence electrons. The third-order valence-electron chi connectivity index (χ3n) is 3.48. The molecule has 1 aliphatic heterocycles. The number of carbonyl (C=O) groups is 3. The van der Waals surface area contributed by atoms with Crippen molar-refractivity contribution in [3.63, 3.8) is 0 Å². The number of nitrogens with zero attached hydrogens (tertiary/aromatic N) is 1. The van der Waals surface area contributed by atoms with Crippen molar-refractivity contribution in [3.8, 4) is 0 Å². The molecule has 0 saturated carbocycles. The van der Waals surface area contributed by atoms with Crippen LogP contribution in [0.1, 0.15) is 36.6 Å². The van der Waals surface area contributed by atoms with Gasteiger partial charge in [0.1, 0.15) is 0 Å². The highest BCUT2D eigenvalue weighted by atomic mass is 127. The maximum atomic E-state index is 12.3. The minimum absolute atomic E-state index is 0.0591. The minimum atomic E-state index is -1.03. The van der Waals surface area contributed by atoms with Crippen molar-refractivity contribution < 1.29 is 19.5 Å². The lowest BCUT2D eigenvalue weighted by molar-refractivity contribution is 0.0641. The normalized spacial score (nSPS) is 13.4. The number of carboxylic acids is 1. The molecule has 1 aliphatic rings. The average molecular weight is 407 g/mol. The number of carboxylic acid groups (broad SMARTS) is 1. The largest absolute Gasteiger partial charge is 0.478 e. The van der Waals surface area contributed by atoms with Crippen LogP contribution in [0.2, 0.25) is 0 Å². The predicted molar refractivity (Wildman–Crippen MR) is 86.8 cm³/mol. The molecule has 6 heteroatoms. The second-order valence-electron chi connectivity index (χ2n) is 4.86. The summed E-state index contributed by atoms with van der Waals surface area (Å²) in [5.41, 5.74) is 1.54. The molecular formula is C16H10INO4. The lowest BCUT2D eigenvalue weighted by Crippen LogP contribution is -2.29. The molecule has 0 saturated heterocycles. The summed E-state index contributed by atoms with van der Waals surface area (Å²) in [5.74, 6) is -1.74. The minimum Gasteiger partial charge on any atom is -0.478 e. The summed E-state index contributed by atoms with van der Waals surface area (Å²) >= 11 is 1.94. The van der Waals surface area contributed by atoms with Crippen LogP contribution >= 0.6 is 22.6 Å². The van der Waals surface area contributed by atoms with Gasteiger partial charge in [0, 0.05) is 3.57 Å². The van der Waals surface area contributed by atoms with Crippen LogP contribution in [0.25, 0.3) is 0 Å². The molecule has 2 amide bonds. The average Bonchev–Trinajstić information content (AvgIpc) is 2.74. The molecule has 0 aliphatic carbocycles. The van der Waals surface area contributed by atoms with Crippen molar-refractivity contribution in [2.75, 3.05) is 0 Å². The van der Waals surface area contributed by atoms with Gasteiger partial charge in [0.05, 0.1) is 23.2 Å². The first-order valence-electron chi connectivity index (χ1n) is 6.46. The van der Waals surface area contributed by atoms with Gasteiger partial charge in [0.25, 0.3) is 11.8 Å². The van der Waals surface area contributed by atoms with Gasteiger partial charge >= 0.3 is 5.97 Å². The Hall–Kier alpha value is -2.22. The summed E-state index contributed by atoms with van der Waals surface area (Å²) in [6.07, 6.45) is 0. The van der Waals surface area contributed by atoms with Gasteiger partial charge in [-0.25, -0.2) is 4.79 Å². The zero-order valence-corrected chi connectivity index (χ0v) is 13.4. The Morgan fingerprint density at radius 3 is 2.18 bits per heavy atom. The van der Waals surface area contributed by atoms with Gasteiger partial charge in [-0.1, -0.05) is 18.2 Å². The number of fused-ring (bicyclic) bond motifs is 1. The van der Waals surface area contributed by atoms with Crippen LogP contribution in [-0.4, -0.2) is 27.8 Å². The van der Waals surface area contributed by atoms with Gasteiger partial charge in [-0.15, -0.1) is 0 Å². The third kappa shape index (κ3) is 2.39. The standard InChI is InChI=1S/C16H10INO4/c17-13-6-5-9(7-12(13)16(21)22)8-18-14(19)10-3-1-2-4-11(10)15(18)20/h1-7H,8H2,(H,21,22). The summed E-state index contributed by atoms with van der Waals surface area (Å²) in [4.78, 5) is 36.9. The lowest BCUT2D eigenvalue weighted by atomic mass is 10.1. The maximum Gasteiger partial charge on any atom is 0.336 e. The van der Waals surface area contributed by atoms with Crippen LogP contribution in [0.15, 0.2) is 42.5 Å². The van der Waals surface area contributed by atoms with Crippen LogP contribution in [0.3, 0.4) is 0 Å². The van der Waals surface area contributed by atoms with Gasteiger partial charge in [0.2, 0.25) is 0 Å². The first-order valence-corrected chi connectivity index (χ1v) is 7.54. The number of rotatable bonds is 3. The number of carbonyl (C=O) groups excluding carboxylic acids is 2. The molecule has 3 rings (SSSR count). The summed E-state index contributed by atoms with van der Waals surface area (Å²) in [6.45, 7) is 0.0591. The van der Waals surface area contributed by atoms with Crippen molar-refractivity contribution in [2.24, 2.45) is 0 Å². The second kappa shape index (κ2) is 5.53. The molecule has 1 N–H and O–H groups in total. The number of hydrogen-bond donors (Lipinski definition) is 1. The zero-order chi connectivity index (χ0) is 15.9. The molecule has 0 bridgehead atoms. The number of halogens is 1. The molecular weight excluding hydrogens is 397 g/mol. The van der Waals surface area contributed by atoms with E-state index in [1.165, 1.54) is 6.07 Å². The monoisotopic (exact) mass is 407 g/mol. The van der Waals surface area contributed by atoms with E-state index in [2.05, 4.69) is 0 Å². The Morgan fingerprint density at radius 1 is 1.05 bits per heavy atom. The quantitative estimate of drug-likeness (QED) is 0.628. The van der Waals surface area contributed by atoms with Crippen molar-refractivity contribution in [2.45, 2.75) is 6.54 Å². The van der Waals surface area contributed by atoms with Gasteiger partial charge < -0.3 is 5.11 Å². The molecule has 2 aromatic carbocycles. The molecule has 0 unspecified atom stereocenters. The smallest absolute Gasteiger partial charge is 0.336 e. The van der Waals surface area contributed by atoms with Crippen molar-refractivity contribution in [1.29, 1.82) is 0 Å². The fourth-order valence-electron chi connectivity index (χ4n) is 2.40.